The number of carbonyl (C=O) groups excluding carboxylic acids is 2. The minimum absolute atomic E-state index is 0.0983. The Morgan fingerprint density at radius 3 is 2.19 bits per heavy atom. The molecule has 0 saturated carbocycles. The van der Waals surface area contributed by atoms with Crippen LogP contribution in [0.2, 0.25) is 0 Å². The molecular weight excluding hydrogens is 328 g/mol. The summed E-state index contributed by atoms with van der Waals surface area (Å²) in [6, 6.07) is 15.8. The van der Waals surface area contributed by atoms with Gasteiger partial charge in [0.1, 0.15) is 0 Å². The highest BCUT2D eigenvalue weighted by atomic mass is 16.2. The minimum atomic E-state index is -0.316. The van der Waals surface area contributed by atoms with Crippen molar-refractivity contribution < 1.29 is 9.59 Å². The van der Waals surface area contributed by atoms with Gasteiger partial charge in [0.2, 0.25) is 5.91 Å². The van der Waals surface area contributed by atoms with Crippen molar-refractivity contribution in [2.45, 2.75) is 12.8 Å². The van der Waals surface area contributed by atoms with Gasteiger partial charge in [-0.05, 0) is 48.4 Å². The monoisotopic (exact) mass is 348 g/mol. The summed E-state index contributed by atoms with van der Waals surface area (Å²) in [6.45, 7) is 3.91. The molecule has 6 nitrogen and oxygen atoms in total. The number of amides is 3. The summed E-state index contributed by atoms with van der Waals surface area (Å²) in [6.07, 6.45) is 2.53. The molecule has 0 aliphatic heterocycles. The normalized spacial score (nSPS) is 9.65. The van der Waals surface area contributed by atoms with Crippen molar-refractivity contribution in [3.05, 3.63) is 72.3 Å². The highest BCUT2D eigenvalue weighted by molar-refractivity contribution is 5.92. The largest absolute Gasteiger partial charge is 0.334 e. The number of hydrogen-bond donors (Lipinski definition) is 3. The molecule has 0 spiro atoms. The van der Waals surface area contributed by atoms with E-state index in [1.807, 2.05) is 12.1 Å². The van der Waals surface area contributed by atoms with Gasteiger partial charge in [-0.25, -0.2) is 4.79 Å². The number of rotatable bonds is 7. The zero-order chi connectivity index (χ0) is 18.8. The number of aryl methyl sites for hydroxylation is 1. The van der Waals surface area contributed by atoms with E-state index in [0.717, 1.165) is 5.56 Å². The lowest BCUT2D eigenvalue weighted by molar-refractivity contribution is -0.116. The number of anilines is 2. The molecule has 0 atom stereocenters. The maximum absolute atomic E-state index is 12.0. The second-order valence-electron chi connectivity index (χ2n) is 5.56. The van der Waals surface area contributed by atoms with Crippen molar-refractivity contribution in [1.29, 1.82) is 5.26 Å². The predicted octanol–water partition coefficient (Wildman–Crippen LogP) is 3.44. The third-order valence-corrected chi connectivity index (χ3v) is 3.56. The quantitative estimate of drug-likeness (QED) is 0.669. The molecular formula is C20H20N4O2. The molecule has 0 fully saturated rings. The summed E-state index contributed by atoms with van der Waals surface area (Å²) < 4.78 is 0. The molecule has 0 aliphatic rings. The molecule has 2 aromatic carbocycles. The van der Waals surface area contributed by atoms with Crippen LogP contribution in [-0.4, -0.2) is 18.5 Å². The molecule has 6 heteroatoms. The van der Waals surface area contributed by atoms with Crippen molar-refractivity contribution in [1.82, 2.24) is 5.32 Å². The van der Waals surface area contributed by atoms with Gasteiger partial charge in [0.15, 0.2) is 0 Å². The van der Waals surface area contributed by atoms with Gasteiger partial charge in [-0.15, -0.1) is 6.58 Å². The molecule has 0 bridgehead atoms. The van der Waals surface area contributed by atoms with Crippen molar-refractivity contribution in [3.8, 4) is 6.07 Å². The second-order valence-corrected chi connectivity index (χ2v) is 5.56. The number of nitrogens with zero attached hydrogens (tertiary/aromatic N) is 1. The van der Waals surface area contributed by atoms with Gasteiger partial charge in [0.05, 0.1) is 11.6 Å². The van der Waals surface area contributed by atoms with E-state index in [2.05, 4.69) is 28.6 Å². The van der Waals surface area contributed by atoms with E-state index in [1.54, 1.807) is 42.5 Å². The van der Waals surface area contributed by atoms with Crippen molar-refractivity contribution >= 4 is 23.3 Å². The Bertz CT molecular complexity index is 805. The van der Waals surface area contributed by atoms with Gasteiger partial charge in [-0.2, -0.15) is 5.26 Å². The molecule has 0 unspecified atom stereocenters. The van der Waals surface area contributed by atoms with Gasteiger partial charge in [0, 0.05) is 24.3 Å². The Morgan fingerprint density at radius 1 is 1.00 bits per heavy atom. The Labute approximate surface area is 152 Å². The molecule has 3 amide bonds. The average molecular weight is 348 g/mol. The van der Waals surface area contributed by atoms with Crippen molar-refractivity contribution in [2.24, 2.45) is 0 Å². The first-order chi connectivity index (χ1) is 12.6. The highest BCUT2D eigenvalue weighted by Crippen LogP contribution is 2.14. The molecule has 0 aromatic heterocycles. The van der Waals surface area contributed by atoms with Crippen LogP contribution < -0.4 is 16.0 Å². The fraction of sp³-hybridized carbons (Fsp3) is 0.150. The number of urea groups is 1. The Kier molecular flexibility index (Phi) is 6.95. The molecule has 2 aromatic rings. The lowest BCUT2D eigenvalue weighted by Gasteiger charge is -2.08. The van der Waals surface area contributed by atoms with Gasteiger partial charge in [-0.1, -0.05) is 18.2 Å². The van der Waals surface area contributed by atoms with E-state index in [0.29, 0.717) is 36.3 Å². The maximum atomic E-state index is 12.0. The molecule has 26 heavy (non-hydrogen) atoms. The maximum Gasteiger partial charge on any atom is 0.319 e. The van der Waals surface area contributed by atoms with E-state index in [-0.39, 0.29) is 11.9 Å². The summed E-state index contributed by atoms with van der Waals surface area (Å²) in [5.41, 5.74) is 2.89. The highest BCUT2D eigenvalue weighted by Gasteiger charge is 2.05. The summed E-state index contributed by atoms with van der Waals surface area (Å²) in [4.78, 5) is 23.6. The Balaban J connectivity index is 1.80. The number of hydrogen-bond acceptors (Lipinski definition) is 3. The van der Waals surface area contributed by atoms with Crippen LogP contribution in [0.5, 0.6) is 0 Å². The first-order valence-electron chi connectivity index (χ1n) is 8.15. The van der Waals surface area contributed by atoms with Crippen LogP contribution in [0.3, 0.4) is 0 Å². The van der Waals surface area contributed by atoms with Crippen molar-refractivity contribution in [2.75, 3.05) is 17.2 Å². The fourth-order valence-corrected chi connectivity index (χ4v) is 2.20. The molecule has 0 heterocycles. The van der Waals surface area contributed by atoms with Crippen LogP contribution in [0.1, 0.15) is 17.5 Å². The first-order valence-corrected chi connectivity index (χ1v) is 8.15. The smallest absolute Gasteiger partial charge is 0.319 e. The average Bonchev–Trinajstić information content (AvgIpc) is 2.66. The summed E-state index contributed by atoms with van der Waals surface area (Å²) >= 11 is 0. The van der Waals surface area contributed by atoms with Crippen molar-refractivity contribution in [3.63, 3.8) is 0 Å². The second kappa shape index (κ2) is 9.64. The first kappa shape index (κ1) is 18.7. The number of nitrogens with one attached hydrogen (secondary N) is 3. The summed E-state index contributed by atoms with van der Waals surface area (Å²) in [7, 11) is 0. The van der Waals surface area contributed by atoms with E-state index in [9.17, 15) is 9.59 Å². The zero-order valence-electron chi connectivity index (χ0n) is 14.3. The molecule has 2 rings (SSSR count). The predicted molar refractivity (Wildman–Crippen MR) is 102 cm³/mol. The van der Waals surface area contributed by atoms with Gasteiger partial charge >= 0.3 is 6.03 Å². The zero-order valence-corrected chi connectivity index (χ0v) is 14.3. The molecule has 132 valence electrons. The topological polar surface area (TPSA) is 94.0 Å². The van der Waals surface area contributed by atoms with Crippen LogP contribution in [0, 0.1) is 11.3 Å². The fourth-order valence-electron chi connectivity index (χ4n) is 2.20. The van der Waals surface area contributed by atoms with Gasteiger partial charge in [-0.3, -0.25) is 4.79 Å². The van der Waals surface area contributed by atoms with Gasteiger partial charge in [0.25, 0.3) is 0 Å². The third kappa shape index (κ3) is 6.13. The molecule has 3 N–H and O–H groups in total. The number of nitriles is 1. The summed E-state index contributed by atoms with van der Waals surface area (Å²) in [5.74, 6) is -0.0983. The van der Waals surface area contributed by atoms with Crippen LogP contribution in [0.4, 0.5) is 16.2 Å². The van der Waals surface area contributed by atoms with Crippen LogP contribution in [-0.2, 0) is 11.2 Å². The Hall–Kier alpha value is -3.59. The van der Waals surface area contributed by atoms with Crippen LogP contribution >= 0.6 is 0 Å². The summed E-state index contributed by atoms with van der Waals surface area (Å²) in [5, 5.41) is 16.9. The molecule has 0 aliphatic carbocycles. The molecule has 0 radical (unpaired) electrons. The van der Waals surface area contributed by atoms with E-state index in [1.165, 1.54) is 0 Å². The number of benzene rings is 2. The SMILES string of the molecule is C=CCNC(=O)Nc1ccc(NC(=O)CCc2ccc(C#N)cc2)cc1. The van der Waals surface area contributed by atoms with E-state index < -0.39 is 0 Å². The van der Waals surface area contributed by atoms with E-state index in [4.69, 9.17) is 5.26 Å². The third-order valence-electron chi connectivity index (χ3n) is 3.56. The lowest BCUT2D eigenvalue weighted by atomic mass is 10.1. The standard InChI is InChI=1S/C20H20N4O2/c1-2-13-22-20(26)24-18-10-8-17(9-11-18)23-19(25)12-7-15-3-5-16(14-21)6-4-15/h2-6,8-11H,1,7,12-13H2,(H,23,25)(H2,22,24,26). The Morgan fingerprint density at radius 2 is 1.62 bits per heavy atom. The lowest BCUT2D eigenvalue weighted by Crippen LogP contribution is -2.28. The number of carbonyl (C=O) groups is 2. The van der Waals surface area contributed by atoms with E-state index >= 15 is 0 Å². The van der Waals surface area contributed by atoms with Gasteiger partial charge < -0.3 is 16.0 Å². The van der Waals surface area contributed by atoms with Crippen LogP contribution in [0.25, 0.3) is 0 Å². The minimum Gasteiger partial charge on any atom is -0.334 e. The van der Waals surface area contributed by atoms with Crippen LogP contribution in [0.15, 0.2) is 61.2 Å². The molecule has 0 saturated heterocycles.